The number of carbonyl (C=O) groups excluding carboxylic acids is 1. The van der Waals surface area contributed by atoms with Crippen LogP contribution < -0.4 is 5.32 Å². The van der Waals surface area contributed by atoms with Gasteiger partial charge in [0.05, 0.1) is 6.04 Å². The molecule has 1 aromatic rings. The predicted molar refractivity (Wildman–Crippen MR) is 85.5 cm³/mol. The van der Waals surface area contributed by atoms with Crippen LogP contribution in [0.25, 0.3) is 0 Å². The SMILES string of the molecule is CNCC(C)C(=O)N1CCCC1c1cccc(Cl)c1.Cl. The zero-order valence-corrected chi connectivity index (χ0v) is 13.5. The maximum atomic E-state index is 12.5. The van der Waals surface area contributed by atoms with Gasteiger partial charge in [-0.2, -0.15) is 0 Å². The molecule has 1 aliphatic rings. The lowest BCUT2D eigenvalue weighted by molar-refractivity contribution is -0.135. The maximum absolute atomic E-state index is 12.5. The third-order valence-electron chi connectivity index (χ3n) is 3.70. The monoisotopic (exact) mass is 316 g/mol. The van der Waals surface area contributed by atoms with Gasteiger partial charge in [-0.25, -0.2) is 0 Å². The molecule has 0 aliphatic carbocycles. The van der Waals surface area contributed by atoms with E-state index in [0.29, 0.717) is 0 Å². The lowest BCUT2D eigenvalue weighted by Gasteiger charge is -2.28. The summed E-state index contributed by atoms with van der Waals surface area (Å²) in [5, 5.41) is 3.80. The van der Waals surface area contributed by atoms with Crippen molar-refractivity contribution in [2.24, 2.45) is 5.92 Å². The van der Waals surface area contributed by atoms with E-state index in [9.17, 15) is 4.79 Å². The number of amides is 1. The molecule has 1 aliphatic heterocycles. The quantitative estimate of drug-likeness (QED) is 0.924. The Hall–Kier alpha value is -0.770. The van der Waals surface area contributed by atoms with Crippen molar-refractivity contribution in [1.82, 2.24) is 10.2 Å². The molecule has 1 saturated heterocycles. The molecule has 5 heteroatoms. The molecule has 1 heterocycles. The minimum Gasteiger partial charge on any atom is -0.335 e. The predicted octanol–water partition coefficient (Wildman–Crippen LogP) is 3.28. The zero-order valence-electron chi connectivity index (χ0n) is 11.9. The van der Waals surface area contributed by atoms with E-state index in [-0.39, 0.29) is 30.3 Å². The summed E-state index contributed by atoms with van der Waals surface area (Å²) in [7, 11) is 1.88. The van der Waals surface area contributed by atoms with Crippen molar-refractivity contribution < 1.29 is 4.79 Å². The van der Waals surface area contributed by atoms with E-state index in [0.717, 1.165) is 36.5 Å². The van der Waals surface area contributed by atoms with Gasteiger partial charge in [-0.05, 0) is 37.6 Å². The van der Waals surface area contributed by atoms with Crippen molar-refractivity contribution in [2.75, 3.05) is 20.1 Å². The molecule has 2 unspecified atom stereocenters. The molecule has 0 aromatic heterocycles. The van der Waals surface area contributed by atoms with E-state index >= 15 is 0 Å². The summed E-state index contributed by atoms with van der Waals surface area (Å²) in [5.74, 6) is 0.251. The minimum absolute atomic E-state index is 0. The number of carbonyl (C=O) groups is 1. The van der Waals surface area contributed by atoms with Crippen LogP contribution in [0.2, 0.25) is 5.02 Å². The van der Waals surface area contributed by atoms with Crippen molar-refractivity contribution in [3.8, 4) is 0 Å². The standard InChI is InChI=1S/C15H21ClN2O.ClH/c1-11(10-17-2)15(19)18-8-4-7-14(18)12-5-3-6-13(16)9-12;/h3,5-6,9,11,14,17H,4,7-8,10H2,1-2H3;1H. The third-order valence-corrected chi connectivity index (χ3v) is 3.94. The fourth-order valence-electron chi connectivity index (χ4n) is 2.77. The number of nitrogens with zero attached hydrogens (tertiary/aromatic N) is 1. The van der Waals surface area contributed by atoms with Crippen LogP contribution in [0.1, 0.15) is 31.4 Å². The number of rotatable bonds is 4. The van der Waals surface area contributed by atoms with Gasteiger partial charge in [-0.15, -0.1) is 12.4 Å². The highest BCUT2D eigenvalue weighted by molar-refractivity contribution is 6.30. The Morgan fingerprint density at radius 3 is 2.95 bits per heavy atom. The highest BCUT2D eigenvalue weighted by Gasteiger charge is 2.32. The highest BCUT2D eigenvalue weighted by atomic mass is 35.5. The van der Waals surface area contributed by atoms with Gasteiger partial charge in [0.25, 0.3) is 0 Å². The first kappa shape index (κ1) is 17.3. The normalized spacial score (nSPS) is 19.6. The van der Waals surface area contributed by atoms with Crippen LogP contribution in [-0.2, 0) is 4.79 Å². The van der Waals surface area contributed by atoms with Crippen molar-refractivity contribution in [2.45, 2.75) is 25.8 Å². The van der Waals surface area contributed by atoms with Crippen molar-refractivity contribution >= 4 is 29.9 Å². The summed E-state index contributed by atoms with van der Waals surface area (Å²) >= 11 is 6.05. The topological polar surface area (TPSA) is 32.3 Å². The summed E-state index contributed by atoms with van der Waals surface area (Å²) in [6, 6.07) is 8.04. The molecule has 0 saturated carbocycles. The zero-order chi connectivity index (χ0) is 13.8. The first-order valence-electron chi connectivity index (χ1n) is 6.84. The van der Waals surface area contributed by atoms with Crippen LogP contribution in [-0.4, -0.2) is 30.9 Å². The summed E-state index contributed by atoms with van der Waals surface area (Å²) in [4.78, 5) is 14.5. The van der Waals surface area contributed by atoms with Crippen molar-refractivity contribution in [1.29, 1.82) is 0 Å². The van der Waals surface area contributed by atoms with Gasteiger partial charge in [0, 0.05) is 24.0 Å². The van der Waals surface area contributed by atoms with Crippen LogP contribution in [0.4, 0.5) is 0 Å². The van der Waals surface area contributed by atoms with Gasteiger partial charge in [-0.3, -0.25) is 4.79 Å². The van der Waals surface area contributed by atoms with E-state index < -0.39 is 0 Å². The molecule has 1 fully saturated rings. The molecule has 1 aromatic carbocycles. The second kappa shape index (κ2) is 7.87. The summed E-state index contributed by atoms with van der Waals surface area (Å²) in [6.45, 7) is 3.55. The van der Waals surface area contributed by atoms with Crippen LogP contribution >= 0.6 is 24.0 Å². The van der Waals surface area contributed by atoms with Crippen LogP contribution in [0.3, 0.4) is 0 Å². The Morgan fingerprint density at radius 1 is 1.55 bits per heavy atom. The lowest BCUT2D eigenvalue weighted by Crippen LogP contribution is -2.38. The van der Waals surface area contributed by atoms with E-state index in [1.54, 1.807) is 0 Å². The summed E-state index contributed by atoms with van der Waals surface area (Å²) in [6.07, 6.45) is 2.09. The van der Waals surface area contributed by atoms with Crippen LogP contribution in [0, 0.1) is 5.92 Å². The van der Waals surface area contributed by atoms with E-state index in [1.165, 1.54) is 0 Å². The van der Waals surface area contributed by atoms with Gasteiger partial charge in [0.1, 0.15) is 0 Å². The Kier molecular flexibility index (Phi) is 6.80. The molecule has 1 amide bonds. The second-order valence-electron chi connectivity index (χ2n) is 5.20. The molecule has 1 N–H and O–H groups in total. The van der Waals surface area contributed by atoms with Gasteiger partial charge < -0.3 is 10.2 Å². The van der Waals surface area contributed by atoms with Crippen molar-refractivity contribution in [3.63, 3.8) is 0 Å². The number of halogens is 2. The first-order valence-corrected chi connectivity index (χ1v) is 7.22. The minimum atomic E-state index is 0. The molecule has 0 radical (unpaired) electrons. The third kappa shape index (κ3) is 3.87. The summed E-state index contributed by atoms with van der Waals surface area (Å²) in [5.41, 5.74) is 1.15. The van der Waals surface area contributed by atoms with E-state index in [2.05, 4.69) is 11.4 Å². The Bertz CT molecular complexity index is 453. The number of likely N-dealkylation sites (tertiary alicyclic amines) is 1. The molecular formula is C15H22Cl2N2O. The fraction of sp³-hybridized carbons (Fsp3) is 0.533. The van der Waals surface area contributed by atoms with Gasteiger partial charge in [0.15, 0.2) is 0 Å². The van der Waals surface area contributed by atoms with Gasteiger partial charge in [0.2, 0.25) is 5.91 Å². The van der Waals surface area contributed by atoms with Crippen LogP contribution in [0.5, 0.6) is 0 Å². The smallest absolute Gasteiger partial charge is 0.227 e. The van der Waals surface area contributed by atoms with Crippen molar-refractivity contribution in [3.05, 3.63) is 34.9 Å². The van der Waals surface area contributed by atoms with E-state index in [4.69, 9.17) is 11.6 Å². The Balaban J connectivity index is 0.00000200. The average Bonchev–Trinajstić information content (AvgIpc) is 2.87. The van der Waals surface area contributed by atoms with Gasteiger partial charge in [-0.1, -0.05) is 30.7 Å². The summed E-state index contributed by atoms with van der Waals surface area (Å²) < 4.78 is 0. The average molecular weight is 317 g/mol. The number of nitrogens with one attached hydrogen (secondary N) is 1. The maximum Gasteiger partial charge on any atom is 0.227 e. The first-order chi connectivity index (χ1) is 9.13. The number of hydrogen-bond donors (Lipinski definition) is 1. The lowest BCUT2D eigenvalue weighted by atomic mass is 10.0. The Morgan fingerprint density at radius 2 is 2.30 bits per heavy atom. The molecular weight excluding hydrogens is 295 g/mol. The molecule has 112 valence electrons. The fourth-order valence-corrected chi connectivity index (χ4v) is 2.97. The number of hydrogen-bond acceptors (Lipinski definition) is 2. The number of benzene rings is 1. The Labute approximate surface area is 132 Å². The second-order valence-corrected chi connectivity index (χ2v) is 5.64. The molecule has 2 rings (SSSR count). The molecule has 0 bridgehead atoms. The molecule has 3 nitrogen and oxygen atoms in total. The highest BCUT2D eigenvalue weighted by Crippen LogP contribution is 2.33. The van der Waals surface area contributed by atoms with Crippen LogP contribution in [0.15, 0.2) is 24.3 Å². The van der Waals surface area contributed by atoms with Gasteiger partial charge >= 0.3 is 0 Å². The molecule has 2 atom stereocenters. The van der Waals surface area contributed by atoms with E-state index in [1.807, 2.05) is 37.1 Å². The molecule has 0 spiro atoms. The largest absolute Gasteiger partial charge is 0.335 e. The molecule has 20 heavy (non-hydrogen) atoms.